The van der Waals surface area contributed by atoms with Gasteiger partial charge in [0.25, 0.3) is 0 Å². The van der Waals surface area contributed by atoms with Crippen LogP contribution in [0.15, 0.2) is 18.2 Å². The highest BCUT2D eigenvalue weighted by molar-refractivity contribution is 6.31. The largest absolute Gasteiger partial charge is 0.573 e. The molecule has 0 saturated heterocycles. The van der Waals surface area contributed by atoms with Crippen molar-refractivity contribution in [1.82, 2.24) is 0 Å². The number of ether oxygens (including phenoxy) is 1. The highest BCUT2D eigenvalue weighted by Gasteiger charge is 2.31. The minimum atomic E-state index is -4.79. The molecule has 18 heavy (non-hydrogen) atoms. The third-order valence-corrected chi connectivity index (χ3v) is 1.97. The molecule has 0 amide bonds. The SMILES string of the molecule is CC.CCC(=O)c1cc(Cl)cc(OC(F)(F)F)c1. The molecule has 0 saturated carbocycles. The van der Waals surface area contributed by atoms with Crippen LogP contribution < -0.4 is 4.74 Å². The van der Waals surface area contributed by atoms with Gasteiger partial charge >= 0.3 is 6.36 Å². The third kappa shape index (κ3) is 5.91. The number of Topliss-reactive ketones (excluding diaryl/α,β-unsaturated/α-hetero) is 1. The summed E-state index contributed by atoms with van der Waals surface area (Å²) in [5.41, 5.74) is 0.106. The third-order valence-electron chi connectivity index (χ3n) is 1.75. The van der Waals surface area contributed by atoms with Gasteiger partial charge in [0.1, 0.15) is 5.75 Å². The molecule has 0 heterocycles. The number of benzene rings is 1. The van der Waals surface area contributed by atoms with Gasteiger partial charge in [-0.05, 0) is 18.2 Å². The minimum Gasteiger partial charge on any atom is -0.406 e. The Balaban J connectivity index is 0.00000137. The van der Waals surface area contributed by atoms with Crippen LogP contribution in [0, 0.1) is 0 Å². The molecule has 102 valence electrons. The summed E-state index contributed by atoms with van der Waals surface area (Å²) >= 11 is 5.58. The Hall–Kier alpha value is -1.23. The summed E-state index contributed by atoms with van der Waals surface area (Å²) in [6.45, 7) is 5.60. The van der Waals surface area contributed by atoms with Gasteiger partial charge in [-0.25, -0.2) is 0 Å². The Morgan fingerprint density at radius 3 is 2.28 bits per heavy atom. The molecule has 0 fully saturated rings. The van der Waals surface area contributed by atoms with Crippen LogP contribution >= 0.6 is 11.6 Å². The van der Waals surface area contributed by atoms with Gasteiger partial charge in [0.05, 0.1) is 0 Å². The average molecular weight is 283 g/mol. The van der Waals surface area contributed by atoms with Crippen LogP contribution in [0.2, 0.25) is 5.02 Å². The molecule has 0 atom stereocenters. The Labute approximate surface area is 109 Å². The van der Waals surface area contributed by atoms with E-state index in [0.717, 1.165) is 12.1 Å². The zero-order valence-corrected chi connectivity index (χ0v) is 11.0. The van der Waals surface area contributed by atoms with E-state index in [-0.39, 0.29) is 22.8 Å². The summed E-state index contributed by atoms with van der Waals surface area (Å²) < 4.78 is 39.5. The van der Waals surface area contributed by atoms with Gasteiger partial charge in [0, 0.05) is 17.0 Å². The molecule has 0 radical (unpaired) electrons. The molecular weight excluding hydrogens is 269 g/mol. The van der Waals surface area contributed by atoms with Crippen LogP contribution in [-0.4, -0.2) is 12.1 Å². The molecule has 0 aliphatic carbocycles. The number of alkyl halides is 3. The zero-order chi connectivity index (χ0) is 14.3. The van der Waals surface area contributed by atoms with Crippen LogP contribution in [0.25, 0.3) is 0 Å². The summed E-state index contributed by atoms with van der Waals surface area (Å²) in [6, 6.07) is 3.32. The van der Waals surface area contributed by atoms with Crippen molar-refractivity contribution in [3.8, 4) is 5.75 Å². The van der Waals surface area contributed by atoms with Crippen LogP contribution in [-0.2, 0) is 0 Å². The summed E-state index contributed by atoms with van der Waals surface area (Å²) in [5.74, 6) is -0.786. The van der Waals surface area contributed by atoms with Crippen molar-refractivity contribution in [3.63, 3.8) is 0 Å². The van der Waals surface area contributed by atoms with Crippen molar-refractivity contribution in [2.45, 2.75) is 33.6 Å². The molecule has 1 aromatic rings. The normalized spacial score (nSPS) is 10.4. The molecule has 0 aliphatic rings. The summed E-state index contributed by atoms with van der Waals surface area (Å²) in [4.78, 5) is 11.3. The fourth-order valence-electron chi connectivity index (χ4n) is 1.12. The number of halogens is 4. The van der Waals surface area contributed by atoms with Gasteiger partial charge in [-0.3, -0.25) is 4.79 Å². The van der Waals surface area contributed by atoms with Gasteiger partial charge in [0.15, 0.2) is 5.78 Å². The first-order valence-electron chi connectivity index (χ1n) is 5.41. The van der Waals surface area contributed by atoms with E-state index in [0.29, 0.717) is 0 Å². The van der Waals surface area contributed by atoms with Crippen LogP contribution in [0.3, 0.4) is 0 Å². The van der Waals surface area contributed by atoms with E-state index in [9.17, 15) is 18.0 Å². The average Bonchev–Trinajstić information content (AvgIpc) is 2.27. The van der Waals surface area contributed by atoms with Crippen LogP contribution in [0.4, 0.5) is 13.2 Å². The molecule has 0 bridgehead atoms. The first-order chi connectivity index (χ1) is 8.31. The van der Waals surface area contributed by atoms with E-state index in [1.807, 2.05) is 13.8 Å². The molecule has 0 aliphatic heterocycles. The number of carbonyl (C=O) groups is 1. The Bertz CT molecular complexity index is 403. The van der Waals surface area contributed by atoms with Crippen molar-refractivity contribution in [2.75, 3.05) is 0 Å². The summed E-state index contributed by atoms with van der Waals surface area (Å²) in [7, 11) is 0. The van der Waals surface area contributed by atoms with E-state index in [4.69, 9.17) is 11.6 Å². The molecule has 1 rings (SSSR count). The molecule has 6 heteroatoms. The molecule has 2 nitrogen and oxygen atoms in total. The maximum atomic E-state index is 11.9. The Kier molecular flexibility index (Phi) is 6.76. The number of carbonyl (C=O) groups excluding carboxylic acids is 1. The minimum absolute atomic E-state index is 0.0264. The van der Waals surface area contributed by atoms with Crippen molar-refractivity contribution >= 4 is 17.4 Å². The highest BCUT2D eigenvalue weighted by atomic mass is 35.5. The first kappa shape index (κ1) is 16.8. The molecule has 1 aromatic carbocycles. The van der Waals surface area contributed by atoms with Crippen LogP contribution in [0.5, 0.6) is 5.75 Å². The van der Waals surface area contributed by atoms with E-state index in [1.54, 1.807) is 6.92 Å². The summed E-state index contributed by atoms with van der Waals surface area (Å²) in [6.07, 6.45) is -4.61. The van der Waals surface area contributed by atoms with Gasteiger partial charge in [0.2, 0.25) is 0 Å². The van der Waals surface area contributed by atoms with E-state index in [2.05, 4.69) is 4.74 Å². The number of ketones is 1. The van der Waals surface area contributed by atoms with Crippen molar-refractivity contribution < 1.29 is 22.7 Å². The second-order valence-corrected chi connectivity index (χ2v) is 3.44. The van der Waals surface area contributed by atoms with Gasteiger partial charge < -0.3 is 4.74 Å². The molecular formula is C12H14ClF3O2. The number of hydrogen-bond acceptors (Lipinski definition) is 2. The predicted molar refractivity (Wildman–Crippen MR) is 64.1 cm³/mol. The van der Waals surface area contributed by atoms with Crippen molar-refractivity contribution in [1.29, 1.82) is 0 Å². The van der Waals surface area contributed by atoms with Gasteiger partial charge in [-0.1, -0.05) is 32.4 Å². The predicted octanol–water partition coefficient (Wildman–Crippen LogP) is 4.86. The lowest BCUT2D eigenvalue weighted by molar-refractivity contribution is -0.274. The smallest absolute Gasteiger partial charge is 0.406 e. The summed E-state index contributed by atoms with van der Waals surface area (Å²) in [5, 5.41) is 0.0264. The monoisotopic (exact) mass is 282 g/mol. The number of rotatable bonds is 3. The Morgan fingerprint density at radius 2 is 1.83 bits per heavy atom. The molecule has 0 N–H and O–H groups in total. The Morgan fingerprint density at radius 1 is 1.28 bits per heavy atom. The van der Waals surface area contributed by atoms with Crippen molar-refractivity contribution in [3.05, 3.63) is 28.8 Å². The van der Waals surface area contributed by atoms with E-state index >= 15 is 0 Å². The lowest BCUT2D eigenvalue weighted by atomic mass is 10.1. The molecule has 0 spiro atoms. The number of hydrogen-bond donors (Lipinski definition) is 0. The molecule has 0 unspecified atom stereocenters. The lowest BCUT2D eigenvalue weighted by Gasteiger charge is -2.10. The maximum absolute atomic E-state index is 11.9. The fourth-order valence-corrected chi connectivity index (χ4v) is 1.35. The lowest BCUT2D eigenvalue weighted by Crippen LogP contribution is -2.17. The first-order valence-corrected chi connectivity index (χ1v) is 5.79. The quantitative estimate of drug-likeness (QED) is 0.740. The fraction of sp³-hybridized carbons (Fsp3) is 0.417. The topological polar surface area (TPSA) is 26.3 Å². The standard InChI is InChI=1S/C10H8ClF3O2.C2H6/c1-2-9(15)6-3-7(11)5-8(4-6)16-10(12,13)14;1-2/h3-5H,2H2,1H3;1-2H3. The van der Waals surface area contributed by atoms with Gasteiger partial charge in [-0.15, -0.1) is 13.2 Å². The van der Waals surface area contributed by atoms with Crippen molar-refractivity contribution in [2.24, 2.45) is 0 Å². The van der Waals surface area contributed by atoms with Gasteiger partial charge in [-0.2, -0.15) is 0 Å². The maximum Gasteiger partial charge on any atom is 0.573 e. The van der Waals surface area contributed by atoms with E-state index < -0.39 is 12.1 Å². The van der Waals surface area contributed by atoms with E-state index in [1.165, 1.54) is 6.07 Å². The highest BCUT2D eigenvalue weighted by Crippen LogP contribution is 2.27. The van der Waals surface area contributed by atoms with Crippen LogP contribution in [0.1, 0.15) is 37.6 Å². The molecule has 0 aromatic heterocycles. The zero-order valence-electron chi connectivity index (χ0n) is 10.3. The second-order valence-electron chi connectivity index (χ2n) is 3.00. The second kappa shape index (κ2) is 7.26.